The molecular weight excluding hydrogens is 114 g/mol. The van der Waals surface area contributed by atoms with Gasteiger partial charge in [0.2, 0.25) is 0 Å². The number of hydrogen-bond donors (Lipinski definition) is 1. The number of hydrogen-bond acceptors (Lipinski definition) is 1. The molecule has 0 aromatic rings. The van der Waals surface area contributed by atoms with E-state index in [-0.39, 0.29) is 5.57 Å². The third-order valence-electron chi connectivity index (χ3n) is 0.556. The van der Waals surface area contributed by atoms with E-state index < -0.39 is 11.8 Å². The van der Waals surface area contributed by atoms with Crippen LogP contribution >= 0.6 is 0 Å². The molecule has 0 saturated heterocycles. The normalized spacial score (nSPS) is 12.9. The van der Waals surface area contributed by atoms with Crippen molar-refractivity contribution < 1.29 is 13.9 Å². The fourth-order valence-corrected chi connectivity index (χ4v) is 0.176. The van der Waals surface area contributed by atoms with Crippen LogP contribution in [0.1, 0.15) is 6.92 Å². The summed E-state index contributed by atoms with van der Waals surface area (Å²) in [6.07, 6.45) is 0. The Morgan fingerprint density at radius 1 is 1.50 bits per heavy atom. The monoisotopic (exact) mass is 120 g/mol. The second-order valence-electron chi connectivity index (χ2n) is 1.39. The smallest absolute Gasteiger partial charge is 0.307 e. The molecule has 1 nitrogen and oxygen atoms in total. The zero-order chi connectivity index (χ0) is 6.73. The molecule has 0 saturated carbocycles. The minimum absolute atomic E-state index is 0.120. The van der Waals surface area contributed by atoms with Gasteiger partial charge in [-0.05, 0) is 12.5 Å². The number of allylic oxidation sites excluding steroid dienone is 2. The molecule has 0 atom stereocenters. The van der Waals surface area contributed by atoms with Crippen LogP contribution in [0.2, 0.25) is 0 Å². The van der Waals surface area contributed by atoms with Crippen LogP contribution in [0.4, 0.5) is 8.78 Å². The van der Waals surface area contributed by atoms with Gasteiger partial charge < -0.3 is 5.11 Å². The first-order chi connectivity index (χ1) is 3.55. The van der Waals surface area contributed by atoms with E-state index in [1.807, 2.05) is 0 Å². The van der Waals surface area contributed by atoms with Crippen molar-refractivity contribution in [3.8, 4) is 0 Å². The van der Waals surface area contributed by atoms with Crippen LogP contribution in [0.15, 0.2) is 24.0 Å². The Bertz CT molecular complexity index is 133. The zero-order valence-electron chi connectivity index (χ0n) is 4.41. The molecule has 0 aromatic carbocycles. The van der Waals surface area contributed by atoms with Gasteiger partial charge in [0.15, 0.2) is 5.83 Å². The average molecular weight is 120 g/mol. The Morgan fingerprint density at radius 3 is 1.88 bits per heavy atom. The maximum atomic E-state index is 11.8. The Labute approximate surface area is 45.9 Å². The first-order valence-electron chi connectivity index (χ1n) is 1.96. The Morgan fingerprint density at radius 2 is 1.88 bits per heavy atom. The van der Waals surface area contributed by atoms with Crippen molar-refractivity contribution in [1.29, 1.82) is 0 Å². The van der Waals surface area contributed by atoms with Gasteiger partial charge in [0.25, 0.3) is 0 Å². The summed E-state index contributed by atoms with van der Waals surface area (Å²) >= 11 is 0. The van der Waals surface area contributed by atoms with Crippen molar-refractivity contribution in [1.82, 2.24) is 0 Å². The van der Waals surface area contributed by atoms with Crippen molar-refractivity contribution in [2.24, 2.45) is 0 Å². The highest BCUT2D eigenvalue weighted by atomic mass is 19.2. The number of aliphatic hydroxyl groups excluding tert-OH is 1. The third-order valence-corrected chi connectivity index (χ3v) is 0.556. The van der Waals surface area contributed by atoms with Crippen LogP contribution in [0.25, 0.3) is 0 Å². The fourth-order valence-electron chi connectivity index (χ4n) is 0.176. The van der Waals surface area contributed by atoms with Gasteiger partial charge in [0.1, 0.15) is 0 Å². The molecule has 0 rings (SSSR count). The number of halogens is 2. The lowest BCUT2D eigenvalue weighted by atomic mass is 10.3. The summed E-state index contributed by atoms with van der Waals surface area (Å²) < 4.78 is 23.1. The van der Waals surface area contributed by atoms with Crippen molar-refractivity contribution in [2.45, 2.75) is 6.92 Å². The van der Waals surface area contributed by atoms with Gasteiger partial charge in [-0.2, -0.15) is 8.78 Å². The molecule has 0 spiro atoms. The van der Waals surface area contributed by atoms with Crippen LogP contribution in [0.3, 0.4) is 0 Å². The molecule has 0 aliphatic carbocycles. The molecule has 0 fully saturated rings. The molecule has 0 aliphatic heterocycles. The molecule has 0 amide bonds. The van der Waals surface area contributed by atoms with E-state index in [1.54, 1.807) is 0 Å². The van der Waals surface area contributed by atoms with Crippen LogP contribution in [0, 0.1) is 0 Å². The van der Waals surface area contributed by atoms with E-state index in [0.29, 0.717) is 0 Å². The van der Waals surface area contributed by atoms with Crippen molar-refractivity contribution >= 4 is 0 Å². The summed E-state index contributed by atoms with van der Waals surface area (Å²) in [5, 5.41) is 7.77. The molecule has 1 N–H and O–H groups in total. The van der Waals surface area contributed by atoms with Crippen molar-refractivity contribution in [3.63, 3.8) is 0 Å². The second-order valence-corrected chi connectivity index (χ2v) is 1.39. The highest BCUT2D eigenvalue weighted by Crippen LogP contribution is 2.12. The molecule has 0 aliphatic rings. The molecule has 3 heteroatoms. The summed E-state index contributed by atoms with van der Waals surface area (Å²) in [5.74, 6) is -1.29. The summed E-state index contributed by atoms with van der Waals surface area (Å²) in [4.78, 5) is 0. The maximum Gasteiger partial charge on any atom is 0.307 e. The Balaban J connectivity index is 4.23. The molecule has 46 valence electrons. The minimum Gasteiger partial charge on any atom is -0.484 e. The van der Waals surface area contributed by atoms with E-state index in [9.17, 15) is 8.78 Å². The highest BCUT2D eigenvalue weighted by Gasteiger charge is 2.01. The maximum absolute atomic E-state index is 11.8. The summed E-state index contributed by atoms with van der Waals surface area (Å²) in [5.41, 5.74) is -0.120. The van der Waals surface area contributed by atoms with Crippen molar-refractivity contribution in [3.05, 3.63) is 24.0 Å². The Kier molecular flexibility index (Phi) is 2.19. The molecular formula is C5H6F2O. The standard InChI is InChI=1S/C5H6F2O/c1-3(2)4(6)5(7)8/h8H,1H2,2H3/b5-4+. The second kappa shape index (κ2) is 2.45. The first kappa shape index (κ1) is 7.14. The van der Waals surface area contributed by atoms with E-state index in [0.717, 1.165) is 0 Å². The predicted molar refractivity (Wildman–Crippen MR) is 26.7 cm³/mol. The predicted octanol–water partition coefficient (Wildman–Crippen LogP) is 2.23. The van der Waals surface area contributed by atoms with E-state index >= 15 is 0 Å². The molecule has 8 heavy (non-hydrogen) atoms. The van der Waals surface area contributed by atoms with Gasteiger partial charge in [-0.1, -0.05) is 6.58 Å². The molecule has 0 aromatic heterocycles. The van der Waals surface area contributed by atoms with Crippen LogP contribution < -0.4 is 0 Å². The van der Waals surface area contributed by atoms with Crippen LogP contribution in [-0.2, 0) is 0 Å². The van der Waals surface area contributed by atoms with Gasteiger partial charge in [0, 0.05) is 0 Å². The summed E-state index contributed by atoms with van der Waals surface area (Å²) in [7, 11) is 0. The summed E-state index contributed by atoms with van der Waals surface area (Å²) in [6, 6.07) is -1.81. The number of aliphatic hydroxyl groups is 1. The quantitative estimate of drug-likeness (QED) is 0.415. The van der Waals surface area contributed by atoms with Gasteiger partial charge in [-0.3, -0.25) is 0 Å². The topological polar surface area (TPSA) is 20.2 Å². The molecule has 0 bridgehead atoms. The average Bonchev–Trinajstić information content (AvgIpc) is 1.64. The zero-order valence-corrected chi connectivity index (χ0v) is 4.41. The molecule has 0 radical (unpaired) electrons. The van der Waals surface area contributed by atoms with Gasteiger partial charge >= 0.3 is 6.01 Å². The SMILES string of the molecule is C=C(C)/C(F)=C(\O)F. The fraction of sp³-hybridized carbons (Fsp3) is 0.200. The van der Waals surface area contributed by atoms with E-state index in [1.165, 1.54) is 6.92 Å². The van der Waals surface area contributed by atoms with Crippen LogP contribution in [-0.4, -0.2) is 5.11 Å². The van der Waals surface area contributed by atoms with Gasteiger partial charge in [-0.15, -0.1) is 0 Å². The summed E-state index contributed by atoms with van der Waals surface area (Å²) in [6.45, 7) is 4.30. The molecule has 0 heterocycles. The van der Waals surface area contributed by atoms with E-state index in [4.69, 9.17) is 5.11 Å². The van der Waals surface area contributed by atoms with Crippen LogP contribution in [0.5, 0.6) is 0 Å². The highest BCUT2D eigenvalue weighted by molar-refractivity contribution is 5.18. The first-order valence-corrected chi connectivity index (χ1v) is 1.96. The lowest BCUT2D eigenvalue weighted by Gasteiger charge is -1.89. The Hall–Kier alpha value is -0.860. The number of rotatable bonds is 1. The largest absolute Gasteiger partial charge is 0.484 e. The van der Waals surface area contributed by atoms with Gasteiger partial charge in [0.05, 0.1) is 0 Å². The van der Waals surface area contributed by atoms with Crippen molar-refractivity contribution in [2.75, 3.05) is 0 Å². The van der Waals surface area contributed by atoms with Gasteiger partial charge in [-0.25, -0.2) is 0 Å². The third kappa shape index (κ3) is 1.73. The lowest BCUT2D eigenvalue weighted by molar-refractivity contribution is 0.262. The minimum atomic E-state index is -1.81. The van der Waals surface area contributed by atoms with E-state index in [2.05, 4.69) is 6.58 Å². The lowest BCUT2D eigenvalue weighted by Crippen LogP contribution is -1.78. The molecule has 0 unspecified atom stereocenters.